The molecule has 0 aromatic rings. The molecule has 1 aliphatic carbocycles. The first-order valence-electron chi connectivity index (χ1n) is 10.3. The third-order valence-corrected chi connectivity index (χ3v) is 16.0. The summed E-state index contributed by atoms with van der Waals surface area (Å²) in [6, 6.07) is 0. The Morgan fingerprint density at radius 2 is 1.44 bits per heavy atom. The molecule has 0 radical (unpaired) electrons. The Bertz CT molecular complexity index is 569. The molecule has 27 heavy (non-hydrogen) atoms. The number of unbranched alkanes of at least 4 members (excludes halogenated alkanes) is 4. The van der Waals surface area contributed by atoms with Crippen molar-refractivity contribution in [3.63, 3.8) is 0 Å². The molecule has 2 nitrogen and oxygen atoms in total. The second-order valence-corrected chi connectivity index (χ2v) is 23.9. The third kappa shape index (κ3) is 5.08. The molecule has 0 aromatic carbocycles. The van der Waals surface area contributed by atoms with Gasteiger partial charge in [0.2, 0.25) is 0 Å². The molecule has 0 amide bonds. The van der Waals surface area contributed by atoms with Crippen LogP contribution in [0.3, 0.4) is 0 Å². The summed E-state index contributed by atoms with van der Waals surface area (Å²) in [5.74, 6) is 0. The van der Waals surface area contributed by atoms with Crippen molar-refractivity contribution < 1.29 is 24.9 Å². The molecule has 4 heteroatoms. The maximum atomic E-state index is 6.18. The fraction of sp³-hybridized carbons (Fsp3) is 0.826. The monoisotopic (exact) mass is 577 g/mol. The molecule has 0 spiro atoms. The predicted octanol–water partition coefficient (Wildman–Crippen LogP) is 8.01. The first kappa shape index (κ1) is 25.3. The summed E-state index contributed by atoms with van der Waals surface area (Å²) in [5.41, 5.74) is 5.22. The van der Waals surface area contributed by atoms with E-state index in [0.29, 0.717) is 5.54 Å². The van der Waals surface area contributed by atoms with Crippen LogP contribution in [0.25, 0.3) is 0 Å². The van der Waals surface area contributed by atoms with Crippen molar-refractivity contribution in [1.82, 2.24) is 0 Å². The second-order valence-electron chi connectivity index (χ2n) is 8.96. The molecule has 2 unspecified atom stereocenters. The second kappa shape index (κ2) is 9.87. The SMILES string of the molecule is CCCCCCCC(C1(C)C(C)=C(C)C(C)=[C]1[Pt]([CH3])([CH3])[CH3])[Si](C)(OC)OC. The van der Waals surface area contributed by atoms with Crippen LogP contribution < -0.4 is 0 Å². The van der Waals surface area contributed by atoms with Crippen molar-refractivity contribution in [1.29, 1.82) is 0 Å². The number of hydrogen-bond acceptors (Lipinski definition) is 2. The van der Waals surface area contributed by atoms with Gasteiger partial charge in [-0.2, -0.15) is 0 Å². The van der Waals surface area contributed by atoms with Gasteiger partial charge in [-0.3, -0.25) is 0 Å². The molecule has 0 N–H and O–H groups in total. The van der Waals surface area contributed by atoms with E-state index in [1.807, 2.05) is 14.2 Å². The summed E-state index contributed by atoms with van der Waals surface area (Å²) in [7, 11) is 1.45. The standard InChI is InChI=1S/C20H37O2Si.3CH3.Pt/c1-9-10-11-12-13-14-19(23(8,21-6)22-7)20(5)15-16(2)17(3)18(20)4;;;;/h19H,9-14H2,1-8H3;3*1H3;. The zero-order valence-corrected chi connectivity index (χ0v) is 23.2. The van der Waals surface area contributed by atoms with E-state index in [0.717, 1.165) is 0 Å². The van der Waals surface area contributed by atoms with E-state index in [9.17, 15) is 0 Å². The zero-order valence-electron chi connectivity index (χ0n) is 20.0. The van der Waals surface area contributed by atoms with Crippen LogP contribution in [0.4, 0.5) is 0 Å². The molecule has 0 saturated carbocycles. The van der Waals surface area contributed by atoms with E-state index in [-0.39, 0.29) is 5.41 Å². The first-order chi connectivity index (χ1) is 12.4. The van der Waals surface area contributed by atoms with E-state index < -0.39 is 24.6 Å². The van der Waals surface area contributed by atoms with Gasteiger partial charge >= 0.3 is 175 Å². The molecule has 1 rings (SSSR count). The van der Waals surface area contributed by atoms with Crippen molar-refractivity contribution in [2.24, 2.45) is 5.41 Å². The maximum absolute atomic E-state index is 6.18. The molecule has 164 valence electrons. The topological polar surface area (TPSA) is 18.5 Å². The molecule has 0 bridgehead atoms. The van der Waals surface area contributed by atoms with Crippen molar-refractivity contribution in [2.45, 2.75) is 101 Å². The Morgan fingerprint density at radius 3 is 1.89 bits per heavy atom. The van der Waals surface area contributed by atoms with Gasteiger partial charge in [0.25, 0.3) is 0 Å². The van der Waals surface area contributed by atoms with Crippen LogP contribution in [-0.4, -0.2) is 22.8 Å². The van der Waals surface area contributed by atoms with Crippen LogP contribution in [0.15, 0.2) is 20.7 Å². The molecule has 1 aliphatic rings. The van der Waals surface area contributed by atoms with Crippen LogP contribution in [0.2, 0.25) is 28.0 Å². The van der Waals surface area contributed by atoms with Crippen LogP contribution in [0, 0.1) is 5.41 Å². The molecule has 0 aliphatic heterocycles. The Balaban J connectivity index is 3.41. The van der Waals surface area contributed by atoms with Gasteiger partial charge in [-0.05, 0) is 0 Å². The summed E-state index contributed by atoms with van der Waals surface area (Å²) in [6.45, 7) is 14.2. The Labute approximate surface area is 174 Å². The molecule has 0 heterocycles. The van der Waals surface area contributed by atoms with E-state index in [2.05, 4.69) is 57.1 Å². The van der Waals surface area contributed by atoms with Gasteiger partial charge in [0.1, 0.15) is 0 Å². The summed E-state index contributed by atoms with van der Waals surface area (Å²) >= 11 is -1.97. The Morgan fingerprint density at radius 1 is 0.926 bits per heavy atom. The van der Waals surface area contributed by atoms with Crippen LogP contribution in [-0.2, 0) is 24.9 Å². The number of rotatable bonds is 11. The van der Waals surface area contributed by atoms with E-state index in [4.69, 9.17) is 8.85 Å². The summed E-state index contributed by atoms with van der Waals surface area (Å²) in [6.07, 6.45) is 7.82. The predicted molar refractivity (Wildman–Crippen MR) is 120 cm³/mol. The van der Waals surface area contributed by atoms with Gasteiger partial charge in [-0.25, -0.2) is 0 Å². The van der Waals surface area contributed by atoms with Gasteiger partial charge in [-0.15, -0.1) is 0 Å². The zero-order chi connectivity index (χ0) is 21.0. The van der Waals surface area contributed by atoms with Crippen molar-refractivity contribution in [2.75, 3.05) is 14.2 Å². The average Bonchev–Trinajstić information content (AvgIpc) is 2.78. The molecular formula is C23H46O2PtSi. The molecule has 0 aromatic heterocycles. The van der Waals surface area contributed by atoms with Crippen molar-refractivity contribution in [3.8, 4) is 0 Å². The van der Waals surface area contributed by atoms with Crippen LogP contribution in [0.1, 0.15) is 73.1 Å². The van der Waals surface area contributed by atoms with Crippen molar-refractivity contribution >= 4 is 8.56 Å². The molecule has 2 atom stereocenters. The molecule has 0 saturated heterocycles. The van der Waals surface area contributed by atoms with Gasteiger partial charge in [0.15, 0.2) is 0 Å². The normalized spacial score (nSPS) is 23.4. The third-order valence-electron chi connectivity index (χ3n) is 6.85. The van der Waals surface area contributed by atoms with E-state index in [1.54, 1.807) is 15.1 Å². The summed E-state index contributed by atoms with van der Waals surface area (Å²) in [4.78, 5) is 0. The first-order valence-corrected chi connectivity index (χ1v) is 20.6. The van der Waals surface area contributed by atoms with Crippen LogP contribution in [0.5, 0.6) is 0 Å². The fourth-order valence-corrected chi connectivity index (χ4v) is 15.5. The Kier molecular flexibility index (Phi) is 9.27. The minimum absolute atomic E-state index is 0.0983. The minimum atomic E-state index is -2.29. The molecular weight excluding hydrogens is 531 g/mol. The van der Waals surface area contributed by atoms with Crippen molar-refractivity contribution in [3.05, 3.63) is 20.7 Å². The van der Waals surface area contributed by atoms with E-state index >= 15 is 0 Å². The quantitative estimate of drug-likeness (QED) is 0.183. The van der Waals surface area contributed by atoms with Gasteiger partial charge < -0.3 is 0 Å². The van der Waals surface area contributed by atoms with Gasteiger partial charge in [0, 0.05) is 0 Å². The van der Waals surface area contributed by atoms with Gasteiger partial charge in [0.05, 0.1) is 0 Å². The summed E-state index contributed by atoms with van der Waals surface area (Å²) < 4.78 is 14.1. The summed E-state index contributed by atoms with van der Waals surface area (Å²) in [5, 5.41) is 7.65. The van der Waals surface area contributed by atoms with E-state index in [1.165, 1.54) is 44.1 Å². The number of hydrogen-bond donors (Lipinski definition) is 0. The molecule has 0 fully saturated rings. The number of allylic oxidation sites excluding steroid dienone is 4. The van der Waals surface area contributed by atoms with Crippen LogP contribution >= 0.6 is 0 Å². The average molecular weight is 578 g/mol. The van der Waals surface area contributed by atoms with Gasteiger partial charge in [-0.1, -0.05) is 0 Å². The fourth-order valence-electron chi connectivity index (χ4n) is 5.01. The Hall–Kier alpha value is 0.305.